The highest BCUT2D eigenvalue weighted by Crippen LogP contribution is 2.25. The van der Waals surface area contributed by atoms with Crippen LogP contribution in [0.2, 0.25) is 0 Å². The summed E-state index contributed by atoms with van der Waals surface area (Å²) in [5.74, 6) is 0.367. The summed E-state index contributed by atoms with van der Waals surface area (Å²) in [5, 5.41) is 3.90. The first-order valence-electron chi connectivity index (χ1n) is 8.66. The number of aromatic nitrogens is 5. The number of pyridine rings is 1. The van der Waals surface area contributed by atoms with Crippen LogP contribution in [0.3, 0.4) is 0 Å². The minimum atomic E-state index is -1.91. The van der Waals surface area contributed by atoms with Crippen LogP contribution >= 0.6 is 0 Å². The summed E-state index contributed by atoms with van der Waals surface area (Å²) >= 11 is 0. The number of halogens is 2. The number of hydrogen-bond donors (Lipinski definition) is 1. The Hall–Kier alpha value is -3.66. The normalized spacial score (nSPS) is 11.2. The summed E-state index contributed by atoms with van der Waals surface area (Å²) in [6.45, 7) is 1.07. The third-order valence-corrected chi connectivity index (χ3v) is 4.53. The quantitative estimate of drug-likeness (QED) is 0.554. The molecule has 0 saturated carbocycles. The predicted molar refractivity (Wildman–Crippen MR) is 102 cm³/mol. The van der Waals surface area contributed by atoms with Crippen LogP contribution in [0.1, 0.15) is 5.56 Å². The minimum absolute atomic E-state index is 0.347. The second-order valence-electron chi connectivity index (χ2n) is 6.41. The van der Waals surface area contributed by atoms with Gasteiger partial charge in [0.2, 0.25) is 0 Å². The third-order valence-electron chi connectivity index (χ3n) is 4.53. The number of rotatable bonds is 5. The van der Waals surface area contributed by atoms with Crippen LogP contribution in [0.15, 0.2) is 64.0 Å². The van der Waals surface area contributed by atoms with Gasteiger partial charge in [0.05, 0.1) is 6.54 Å². The van der Waals surface area contributed by atoms with Crippen molar-refractivity contribution >= 4 is 11.1 Å². The largest absolute Gasteiger partial charge is 0.443 e. The number of aryl methyl sites for hydroxylation is 1. The maximum absolute atomic E-state index is 12.8. The molecular formula is C19H16F2N6O2. The highest BCUT2D eigenvalue weighted by molar-refractivity contribution is 5.80. The van der Waals surface area contributed by atoms with Crippen LogP contribution in [0.25, 0.3) is 28.0 Å². The molecule has 10 heteroatoms. The SMILES string of the molecule is Cc1cc(-c2ccc3ocnc3c2)cnc1-n1cnn(CC(CN)=C(F)F)c1=O. The van der Waals surface area contributed by atoms with Crippen LogP contribution in [-0.4, -0.2) is 30.9 Å². The summed E-state index contributed by atoms with van der Waals surface area (Å²) in [4.78, 5) is 21.1. The summed E-state index contributed by atoms with van der Waals surface area (Å²) < 4.78 is 33.0. The fraction of sp³-hybridized carbons (Fsp3) is 0.158. The molecule has 0 unspecified atom stereocenters. The first-order valence-corrected chi connectivity index (χ1v) is 8.66. The summed E-state index contributed by atoms with van der Waals surface area (Å²) in [6.07, 6.45) is 2.35. The van der Waals surface area contributed by atoms with Gasteiger partial charge in [-0.1, -0.05) is 6.07 Å². The van der Waals surface area contributed by atoms with Crippen molar-refractivity contribution in [3.05, 3.63) is 70.9 Å². The van der Waals surface area contributed by atoms with Crippen molar-refractivity contribution in [3.8, 4) is 16.9 Å². The molecule has 4 aromatic rings. The van der Waals surface area contributed by atoms with Gasteiger partial charge >= 0.3 is 5.69 Å². The van der Waals surface area contributed by atoms with Crippen molar-refractivity contribution < 1.29 is 13.2 Å². The molecule has 0 atom stereocenters. The van der Waals surface area contributed by atoms with Crippen molar-refractivity contribution in [2.24, 2.45) is 5.73 Å². The number of hydrogen-bond acceptors (Lipinski definition) is 6. The van der Waals surface area contributed by atoms with Crippen molar-refractivity contribution in [2.75, 3.05) is 6.54 Å². The first kappa shape index (κ1) is 18.7. The topological polar surface area (TPSA) is 105 Å². The molecule has 29 heavy (non-hydrogen) atoms. The smallest absolute Gasteiger partial charge is 0.351 e. The molecule has 2 N–H and O–H groups in total. The molecular weight excluding hydrogens is 382 g/mol. The molecule has 0 bridgehead atoms. The van der Waals surface area contributed by atoms with Gasteiger partial charge in [-0.25, -0.2) is 24.0 Å². The van der Waals surface area contributed by atoms with Crippen molar-refractivity contribution in [1.29, 1.82) is 0 Å². The summed E-state index contributed by atoms with van der Waals surface area (Å²) in [6, 6.07) is 7.47. The Bertz CT molecular complexity index is 1280. The Morgan fingerprint density at radius 1 is 1.21 bits per heavy atom. The Morgan fingerprint density at radius 3 is 2.76 bits per heavy atom. The molecule has 1 aromatic carbocycles. The molecule has 0 aliphatic carbocycles. The maximum Gasteiger partial charge on any atom is 0.351 e. The number of nitrogens with zero attached hydrogens (tertiary/aromatic N) is 5. The van der Waals surface area contributed by atoms with Gasteiger partial charge in [0.1, 0.15) is 17.7 Å². The highest BCUT2D eigenvalue weighted by Gasteiger charge is 2.14. The van der Waals surface area contributed by atoms with E-state index in [9.17, 15) is 13.6 Å². The van der Waals surface area contributed by atoms with E-state index in [-0.39, 0.29) is 18.7 Å². The maximum atomic E-state index is 12.8. The fourth-order valence-electron chi connectivity index (χ4n) is 2.99. The molecule has 0 saturated heterocycles. The molecule has 3 heterocycles. The number of nitrogens with two attached hydrogens (primary N) is 1. The molecule has 0 radical (unpaired) electrons. The second-order valence-corrected chi connectivity index (χ2v) is 6.41. The van der Waals surface area contributed by atoms with Crippen LogP contribution in [0.4, 0.5) is 8.78 Å². The van der Waals surface area contributed by atoms with Gasteiger partial charge < -0.3 is 10.2 Å². The average Bonchev–Trinajstić information content (AvgIpc) is 3.32. The van der Waals surface area contributed by atoms with Crippen molar-refractivity contribution in [1.82, 2.24) is 24.3 Å². The highest BCUT2D eigenvalue weighted by atomic mass is 19.3. The van der Waals surface area contributed by atoms with E-state index in [1.54, 1.807) is 13.1 Å². The Morgan fingerprint density at radius 2 is 2.03 bits per heavy atom. The Balaban J connectivity index is 1.68. The number of oxazole rings is 1. The van der Waals surface area contributed by atoms with E-state index >= 15 is 0 Å². The van der Waals surface area contributed by atoms with Crippen molar-refractivity contribution in [3.63, 3.8) is 0 Å². The van der Waals surface area contributed by atoms with Gasteiger partial charge in [-0.2, -0.15) is 13.9 Å². The van der Waals surface area contributed by atoms with Crippen LogP contribution in [0, 0.1) is 6.92 Å². The van der Waals surface area contributed by atoms with E-state index in [0.717, 1.165) is 26.9 Å². The Labute approximate surface area is 162 Å². The zero-order chi connectivity index (χ0) is 20.5. The molecule has 0 spiro atoms. The van der Waals surface area contributed by atoms with E-state index < -0.39 is 11.8 Å². The van der Waals surface area contributed by atoms with Gasteiger partial charge in [0.25, 0.3) is 6.08 Å². The molecule has 148 valence electrons. The van der Waals surface area contributed by atoms with Crippen LogP contribution in [0.5, 0.6) is 0 Å². The zero-order valence-corrected chi connectivity index (χ0v) is 15.3. The lowest BCUT2D eigenvalue weighted by atomic mass is 10.1. The lowest BCUT2D eigenvalue weighted by Gasteiger charge is -2.08. The van der Waals surface area contributed by atoms with E-state index in [2.05, 4.69) is 15.1 Å². The first-order chi connectivity index (χ1) is 14.0. The van der Waals surface area contributed by atoms with E-state index in [0.29, 0.717) is 11.4 Å². The summed E-state index contributed by atoms with van der Waals surface area (Å²) in [7, 11) is 0. The third kappa shape index (κ3) is 3.45. The van der Waals surface area contributed by atoms with E-state index in [1.165, 1.54) is 17.3 Å². The van der Waals surface area contributed by atoms with Crippen LogP contribution < -0.4 is 11.4 Å². The van der Waals surface area contributed by atoms with Gasteiger partial charge in [-0.15, -0.1) is 0 Å². The molecule has 8 nitrogen and oxygen atoms in total. The van der Waals surface area contributed by atoms with Gasteiger partial charge in [0, 0.05) is 23.9 Å². The molecule has 3 aromatic heterocycles. The molecule has 0 amide bonds. The molecule has 0 aliphatic rings. The van der Waals surface area contributed by atoms with Crippen molar-refractivity contribution in [2.45, 2.75) is 13.5 Å². The standard InChI is InChI=1S/C19H16F2N6O2/c1-11-4-13(12-2-3-16-15(5-12)24-10-29-16)7-23-18(11)26-9-25-27(19(26)28)8-14(6-22)17(20)21/h2-5,7,9-10H,6,8,22H2,1H3. The number of fused-ring (bicyclic) bond motifs is 1. The minimum Gasteiger partial charge on any atom is -0.443 e. The average molecular weight is 398 g/mol. The fourth-order valence-corrected chi connectivity index (χ4v) is 2.99. The van der Waals surface area contributed by atoms with Gasteiger partial charge in [0.15, 0.2) is 12.0 Å². The second kappa shape index (κ2) is 7.40. The van der Waals surface area contributed by atoms with Crippen LogP contribution in [-0.2, 0) is 6.54 Å². The lowest BCUT2D eigenvalue weighted by molar-refractivity contribution is 0.400. The van der Waals surface area contributed by atoms with E-state index in [4.69, 9.17) is 10.2 Å². The lowest BCUT2D eigenvalue weighted by Crippen LogP contribution is -2.27. The molecule has 0 fully saturated rings. The summed E-state index contributed by atoms with van der Waals surface area (Å²) in [5.41, 5.74) is 8.24. The zero-order valence-electron chi connectivity index (χ0n) is 15.3. The number of benzene rings is 1. The Kier molecular flexibility index (Phi) is 4.77. The van der Waals surface area contributed by atoms with Gasteiger partial charge in [-0.3, -0.25) is 0 Å². The molecule has 4 rings (SSSR count). The van der Waals surface area contributed by atoms with Gasteiger partial charge in [-0.05, 0) is 36.2 Å². The molecule has 0 aliphatic heterocycles. The monoisotopic (exact) mass is 398 g/mol. The van der Waals surface area contributed by atoms with E-state index in [1.807, 2.05) is 24.3 Å². The predicted octanol–water partition coefficient (Wildman–Crippen LogP) is 2.65.